The number of rotatable bonds is 2. The molecule has 0 saturated carbocycles. The van der Waals surface area contributed by atoms with E-state index in [1.807, 2.05) is 0 Å². The quantitative estimate of drug-likeness (QED) is 0.894. The van der Waals surface area contributed by atoms with Gasteiger partial charge in [0.2, 0.25) is 0 Å². The first kappa shape index (κ1) is 12.2. The highest BCUT2D eigenvalue weighted by atomic mass is 79.9. The summed E-state index contributed by atoms with van der Waals surface area (Å²) >= 11 is 3.04. The van der Waals surface area contributed by atoms with Crippen LogP contribution in [0.2, 0.25) is 0 Å². The van der Waals surface area contributed by atoms with Crippen LogP contribution in [0.1, 0.15) is 17.2 Å². The number of aliphatic hydroxyl groups is 1. The first-order valence-electron chi connectivity index (χ1n) is 4.96. The van der Waals surface area contributed by atoms with Crippen molar-refractivity contribution in [3.63, 3.8) is 0 Å². The van der Waals surface area contributed by atoms with E-state index in [2.05, 4.69) is 15.9 Å². The van der Waals surface area contributed by atoms with Gasteiger partial charge < -0.3 is 5.11 Å². The fraction of sp³-hybridized carbons (Fsp3) is 0.0769. The van der Waals surface area contributed by atoms with E-state index >= 15 is 0 Å². The molecule has 2 aromatic carbocycles. The Bertz CT molecular complexity index is 525. The van der Waals surface area contributed by atoms with Gasteiger partial charge in [0.25, 0.3) is 0 Å². The molecule has 0 amide bonds. The summed E-state index contributed by atoms with van der Waals surface area (Å²) in [6.07, 6.45) is -0.960. The Morgan fingerprint density at radius 2 is 1.53 bits per heavy atom. The minimum atomic E-state index is -0.960. The first-order chi connectivity index (χ1) is 8.08. The molecular formula is C13H9BrF2O. The van der Waals surface area contributed by atoms with Crippen LogP contribution in [0.15, 0.2) is 46.9 Å². The van der Waals surface area contributed by atoms with Crippen LogP contribution in [0.25, 0.3) is 0 Å². The van der Waals surface area contributed by atoms with E-state index in [-0.39, 0.29) is 5.82 Å². The van der Waals surface area contributed by atoms with Crippen LogP contribution in [0.5, 0.6) is 0 Å². The van der Waals surface area contributed by atoms with E-state index in [1.54, 1.807) is 6.07 Å². The van der Waals surface area contributed by atoms with Crippen molar-refractivity contribution in [2.24, 2.45) is 0 Å². The van der Waals surface area contributed by atoms with Gasteiger partial charge >= 0.3 is 0 Å². The minimum absolute atomic E-state index is 0.340. The van der Waals surface area contributed by atoms with Gasteiger partial charge in [-0.2, -0.15) is 0 Å². The fourth-order valence-corrected chi connectivity index (χ4v) is 1.77. The standard InChI is InChI=1S/C13H9BrF2O/c14-11-6-3-9(7-12(11)16)13(17)8-1-4-10(15)5-2-8/h1-7,13,17H. The van der Waals surface area contributed by atoms with Crippen molar-refractivity contribution in [3.05, 3.63) is 69.7 Å². The molecule has 0 heterocycles. The van der Waals surface area contributed by atoms with Crippen LogP contribution >= 0.6 is 15.9 Å². The van der Waals surface area contributed by atoms with Gasteiger partial charge in [0.15, 0.2) is 0 Å². The second-order valence-corrected chi connectivity index (χ2v) is 4.48. The van der Waals surface area contributed by atoms with E-state index in [0.717, 1.165) is 0 Å². The molecule has 88 valence electrons. The molecule has 0 spiro atoms. The molecule has 0 saturated heterocycles. The molecule has 0 aliphatic heterocycles. The van der Waals surface area contributed by atoms with Crippen LogP contribution in [0.3, 0.4) is 0 Å². The predicted octanol–water partition coefficient (Wildman–Crippen LogP) is 3.81. The maximum Gasteiger partial charge on any atom is 0.137 e. The van der Waals surface area contributed by atoms with Gasteiger partial charge in [-0.15, -0.1) is 0 Å². The monoisotopic (exact) mass is 298 g/mol. The van der Waals surface area contributed by atoms with Crippen LogP contribution in [0, 0.1) is 11.6 Å². The molecule has 1 nitrogen and oxygen atoms in total. The highest BCUT2D eigenvalue weighted by molar-refractivity contribution is 9.10. The van der Waals surface area contributed by atoms with Gasteiger partial charge in [0.05, 0.1) is 4.47 Å². The topological polar surface area (TPSA) is 20.2 Å². The third-order valence-electron chi connectivity index (χ3n) is 2.45. The maximum atomic E-state index is 13.3. The Hall–Kier alpha value is -1.26. The molecule has 0 radical (unpaired) electrons. The lowest BCUT2D eigenvalue weighted by molar-refractivity contribution is 0.219. The molecular weight excluding hydrogens is 290 g/mol. The van der Waals surface area contributed by atoms with Gasteiger partial charge in [-0.05, 0) is 51.3 Å². The van der Waals surface area contributed by atoms with E-state index in [1.165, 1.54) is 36.4 Å². The number of hydrogen-bond acceptors (Lipinski definition) is 1. The van der Waals surface area contributed by atoms with Gasteiger partial charge in [-0.1, -0.05) is 18.2 Å². The van der Waals surface area contributed by atoms with E-state index in [9.17, 15) is 13.9 Å². The Balaban J connectivity index is 2.33. The molecule has 0 fully saturated rings. The molecule has 0 aliphatic carbocycles. The zero-order chi connectivity index (χ0) is 12.4. The lowest BCUT2D eigenvalue weighted by atomic mass is 10.0. The summed E-state index contributed by atoms with van der Waals surface area (Å²) in [4.78, 5) is 0. The van der Waals surface area contributed by atoms with Gasteiger partial charge in [-0.25, -0.2) is 8.78 Å². The maximum absolute atomic E-state index is 13.3. The Kier molecular flexibility index (Phi) is 3.54. The first-order valence-corrected chi connectivity index (χ1v) is 5.75. The Labute approximate surface area is 106 Å². The van der Waals surface area contributed by atoms with Crippen molar-refractivity contribution < 1.29 is 13.9 Å². The van der Waals surface area contributed by atoms with Crippen LogP contribution in [-0.2, 0) is 0 Å². The minimum Gasteiger partial charge on any atom is -0.384 e. The fourth-order valence-electron chi connectivity index (χ4n) is 1.52. The van der Waals surface area contributed by atoms with Crippen molar-refractivity contribution in [2.45, 2.75) is 6.10 Å². The third-order valence-corrected chi connectivity index (χ3v) is 3.09. The third kappa shape index (κ3) is 2.70. The summed E-state index contributed by atoms with van der Waals surface area (Å²) in [5.74, 6) is -0.813. The highest BCUT2D eigenvalue weighted by Crippen LogP contribution is 2.25. The van der Waals surface area contributed by atoms with Crippen molar-refractivity contribution in [1.29, 1.82) is 0 Å². The molecule has 1 N–H and O–H groups in total. The lowest BCUT2D eigenvalue weighted by Crippen LogP contribution is -2.00. The van der Waals surface area contributed by atoms with Crippen LogP contribution < -0.4 is 0 Å². The van der Waals surface area contributed by atoms with Gasteiger partial charge in [0.1, 0.15) is 17.7 Å². The van der Waals surface area contributed by atoms with E-state index < -0.39 is 11.9 Å². The molecule has 2 rings (SSSR count). The second-order valence-electron chi connectivity index (χ2n) is 3.63. The van der Waals surface area contributed by atoms with Gasteiger partial charge in [0, 0.05) is 0 Å². The largest absolute Gasteiger partial charge is 0.384 e. The average Bonchev–Trinajstić information content (AvgIpc) is 2.33. The summed E-state index contributed by atoms with van der Waals surface area (Å²) < 4.78 is 26.4. The summed E-state index contributed by atoms with van der Waals surface area (Å²) in [5, 5.41) is 9.99. The van der Waals surface area contributed by atoms with Gasteiger partial charge in [-0.3, -0.25) is 0 Å². The van der Waals surface area contributed by atoms with E-state index in [4.69, 9.17) is 0 Å². The smallest absolute Gasteiger partial charge is 0.137 e. The number of hydrogen-bond donors (Lipinski definition) is 1. The van der Waals surface area contributed by atoms with E-state index in [0.29, 0.717) is 15.6 Å². The Morgan fingerprint density at radius 1 is 0.941 bits per heavy atom. The number of benzene rings is 2. The summed E-state index contributed by atoms with van der Waals surface area (Å²) in [5.41, 5.74) is 0.949. The molecule has 1 unspecified atom stereocenters. The molecule has 0 aliphatic rings. The summed E-state index contributed by atoms with van der Waals surface area (Å²) in [6, 6.07) is 9.85. The zero-order valence-corrected chi connectivity index (χ0v) is 10.3. The molecule has 0 bridgehead atoms. The zero-order valence-electron chi connectivity index (χ0n) is 8.70. The Morgan fingerprint density at radius 3 is 2.12 bits per heavy atom. The summed E-state index contributed by atoms with van der Waals surface area (Å²) in [7, 11) is 0. The van der Waals surface area contributed by atoms with Crippen molar-refractivity contribution in [3.8, 4) is 0 Å². The molecule has 0 aromatic heterocycles. The summed E-state index contributed by atoms with van der Waals surface area (Å²) in [6.45, 7) is 0. The predicted molar refractivity (Wildman–Crippen MR) is 64.6 cm³/mol. The van der Waals surface area contributed by atoms with Crippen molar-refractivity contribution >= 4 is 15.9 Å². The molecule has 2 aromatic rings. The molecule has 1 atom stereocenters. The van der Waals surface area contributed by atoms with Crippen LogP contribution in [0.4, 0.5) is 8.78 Å². The average molecular weight is 299 g/mol. The highest BCUT2D eigenvalue weighted by Gasteiger charge is 2.12. The molecule has 17 heavy (non-hydrogen) atoms. The van der Waals surface area contributed by atoms with Crippen LogP contribution in [-0.4, -0.2) is 5.11 Å². The second kappa shape index (κ2) is 4.94. The molecule has 4 heteroatoms. The number of aliphatic hydroxyl groups excluding tert-OH is 1. The van der Waals surface area contributed by atoms with Crippen molar-refractivity contribution in [2.75, 3.05) is 0 Å². The normalized spacial score (nSPS) is 12.5. The van der Waals surface area contributed by atoms with Crippen molar-refractivity contribution in [1.82, 2.24) is 0 Å². The lowest BCUT2D eigenvalue weighted by Gasteiger charge is -2.11. The number of halogens is 3. The SMILES string of the molecule is OC(c1ccc(F)cc1)c1ccc(Br)c(F)c1.